The highest BCUT2D eigenvalue weighted by Gasteiger charge is 2.53. The van der Waals surface area contributed by atoms with Crippen molar-refractivity contribution in [2.45, 2.75) is 25.4 Å². The first-order valence-electron chi connectivity index (χ1n) is 5.19. The fourth-order valence-corrected chi connectivity index (χ4v) is 2.68. The van der Waals surface area contributed by atoms with E-state index in [-0.39, 0.29) is 13.2 Å². The summed E-state index contributed by atoms with van der Waals surface area (Å²) < 4.78 is 40.2. The van der Waals surface area contributed by atoms with E-state index in [4.69, 9.17) is 0 Å². The summed E-state index contributed by atoms with van der Waals surface area (Å²) >= 11 is 0. The first-order valence-corrected chi connectivity index (χ1v) is 5.19. The summed E-state index contributed by atoms with van der Waals surface area (Å²) in [7, 11) is 0. The minimum absolute atomic E-state index is 0.0377. The van der Waals surface area contributed by atoms with E-state index in [0.29, 0.717) is 11.8 Å². The highest BCUT2D eigenvalue weighted by atomic mass is 19.4. The molecule has 2 unspecified atom stereocenters. The highest BCUT2D eigenvalue weighted by Crippen LogP contribution is 2.59. The summed E-state index contributed by atoms with van der Waals surface area (Å²) in [5, 5.41) is 9.22. The lowest BCUT2D eigenvalue weighted by atomic mass is 9.85. The molecule has 5 heteroatoms. The van der Waals surface area contributed by atoms with Gasteiger partial charge in [0.05, 0.1) is 13.2 Å². The van der Waals surface area contributed by atoms with Crippen LogP contribution in [-0.4, -0.2) is 31.1 Å². The molecule has 0 saturated heterocycles. The fraction of sp³-hybridized carbons (Fsp3) is 1.00. The van der Waals surface area contributed by atoms with Gasteiger partial charge in [-0.05, 0) is 31.1 Å². The Morgan fingerprint density at radius 3 is 2.33 bits per heavy atom. The zero-order valence-corrected chi connectivity index (χ0v) is 8.39. The average Bonchev–Trinajstić information content (AvgIpc) is 2.73. The number of hydrogen-bond acceptors (Lipinski definition) is 2. The highest BCUT2D eigenvalue weighted by molar-refractivity contribution is 5.03. The molecule has 2 atom stereocenters. The van der Waals surface area contributed by atoms with Crippen LogP contribution in [0.2, 0.25) is 0 Å². The molecule has 0 amide bonds. The molecule has 0 aromatic heterocycles. The van der Waals surface area contributed by atoms with Crippen LogP contribution < -0.4 is 0 Å². The van der Waals surface area contributed by atoms with Crippen LogP contribution in [0.1, 0.15) is 19.3 Å². The molecule has 15 heavy (non-hydrogen) atoms. The lowest BCUT2D eigenvalue weighted by Gasteiger charge is -2.28. The van der Waals surface area contributed by atoms with Gasteiger partial charge in [0.1, 0.15) is 6.61 Å². The Morgan fingerprint density at radius 1 is 1.27 bits per heavy atom. The van der Waals surface area contributed by atoms with Crippen molar-refractivity contribution in [1.82, 2.24) is 0 Å². The third kappa shape index (κ3) is 2.64. The van der Waals surface area contributed by atoms with Gasteiger partial charge in [0.25, 0.3) is 0 Å². The molecule has 2 aliphatic rings. The maximum atomic E-state index is 11.9. The third-order valence-electron chi connectivity index (χ3n) is 3.47. The van der Waals surface area contributed by atoms with E-state index in [2.05, 4.69) is 4.74 Å². The Morgan fingerprint density at radius 2 is 1.87 bits per heavy atom. The molecule has 2 fully saturated rings. The topological polar surface area (TPSA) is 29.5 Å². The largest absolute Gasteiger partial charge is 0.411 e. The third-order valence-corrected chi connectivity index (χ3v) is 3.47. The van der Waals surface area contributed by atoms with Crippen LogP contribution in [0.15, 0.2) is 0 Å². The number of halogens is 3. The maximum Gasteiger partial charge on any atom is 0.411 e. The van der Waals surface area contributed by atoms with Gasteiger partial charge >= 0.3 is 6.18 Å². The summed E-state index contributed by atoms with van der Waals surface area (Å²) in [6.07, 6.45) is -1.43. The van der Waals surface area contributed by atoms with Crippen LogP contribution in [0, 0.1) is 17.3 Å². The van der Waals surface area contributed by atoms with Gasteiger partial charge in [-0.3, -0.25) is 0 Å². The second kappa shape index (κ2) is 3.63. The van der Waals surface area contributed by atoms with Crippen LogP contribution in [-0.2, 0) is 4.74 Å². The second-order valence-electron chi connectivity index (χ2n) is 4.93. The minimum Gasteiger partial charge on any atom is -0.396 e. The normalized spacial score (nSPS) is 39.2. The van der Waals surface area contributed by atoms with Crippen LogP contribution in [0.25, 0.3) is 0 Å². The number of alkyl halides is 3. The molecule has 0 spiro atoms. The number of aliphatic hydroxyl groups is 1. The summed E-state index contributed by atoms with van der Waals surface area (Å²) in [6, 6.07) is 0. The van der Waals surface area contributed by atoms with E-state index in [1.165, 1.54) is 6.42 Å². The smallest absolute Gasteiger partial charge is 0.396 e. The predicted octanol–water partition coefficient (Wildman–Crippen LogP) is 1.97. The second-order valence-corrected chi connectivity index (χ2v) is 4.93. The van der Waals surface area contributed by atoms with Gasteiger partial charge < -0.3 is 9.84 Å². The van der Waals surface area contributed by atoms with Crippen molar-refractivity contribution in [2.24, 2.45) is 17.3 Å². The molecule has 0 aliphatic heterocycles. The summed E-state index contributed by atoms with van der Waals surface area (Å²) in [6.45, 7) is -1.22. The molecule has 2 nitrogen and oxygen atoms in total. The van der Waals surface area contributed by atoms with Gasteiger partial charge in [-0.15, -0.1) is 0 Å². The molecule has 0 heterocycles. The molecule has 1 N–H and O–H groups in total. The Labute approximate surface area is 86.4 Å². The molecule has 2 aliphatic carbocycles. The Balaban J connectivity index is 1.77. The van der Waals surface area contributed by atoms with Crippen LogP contribution in [0.4, 0.5) is 13.2 Å². The summed E-state index contributed by atoms with van der Waals surface area (Å²) in [5.74, 6) is 1.26. The molecule has 2 rings (SSSR count). The monoisotopic (exact) mass is 224 g/mol. The van der Waals surface area contributed by atoms with Crippen molar-refractivity contribution in [3.05, 3.63) is 0 Å². The maximum absolute atomic E-state index is 11.9. The Bertz CT molecular complexity index is 229. The van der Waals surface area contributed by atoms with Crippen molar-refractivity contribution in [3.63, 3.8) is 0 Å². The van der Waals surface area contributed by atoms with Gasteiger partial charge in [-0.2, -0.15) is 13.2 Å². The summed E-state index contributed by atoms with van der Waals surface area (Å²) in [4.78, 5) is 0. The van der Waals surface area contributed by atoms with E-state index >= 15 is 0 Å². The van der Waals surface area contributed by atoms with E-state index < -0.39 is 18.2 Å². The van der Waals surface area contributed by atoms with Crippen molar-refractivity contribution in [2.75, 3.05) is 19.8 Å². The molecule has 0 radical (unpaired) electrons. The number of hydrogen-bond donors (Lipinski definition) is 1. The molecule has 0 aromatic carbocycles. The van der Waals surface area contributed by atoms with E-state index in [9.17, 15) is 18.3 Å². The zero-order chi connectivity index (χ0) is 11.1. The van der Waals surface area contributed by atoms with Crippen molar-refractivity contribution >= 4 is 0 Å². The zero-order valence-electron chi connectivity index (χ0n) is 8.39. The lowest BCUT2D eigenvalue weighted by Crippen LogP contribution is -2.31. The molecular weight excluding hydrogens is 209 g/mol. The molecule has 88 valence electrons. The molecular formula is C10H15F3O2. The van der Waals surface area contributed by atoms with Crippen LogP contribution in [0.5, 0.6) is 0 Å². The van der Waals surface area contributed by atoms with E-state index in [1.807, 2.05) is 0 Å². The standard InChI is InChI=1S/C10H15F3O2/c11-10(12,13)6-15-5-9(4-14)2-7-1-8(7)3-9/h7-8,14H,1-6H2. The van der Waals surface area contributed by atoms with E-state index in [0.717, 1.165) is 12.8 Å². The first kappa shape index (κ1) is 11.2. The fourth-order valence-electron chi connectivity index (χ4n) is 2.68. The number of rotatable bonds is 4. The number of fused-ring (bicyclic) bond motifs is 1. The Hall–Kier alpha value is -0.290. The predicted molar refractivity (Wildman–Crippen MR) is 47.2 cm³/mol. The Kier molecular flexibility index (Phi) is 2.71. The van der Waals surface area contributed by atoms with Crippen molar-refractivity contribution in [1.29, 1.82) is 0 Å². The van der Waals surface area contributed by atoms with E-state index in [1.54, 1.807) is 0 Å². The first-order chi connectivity index (χ1) is 6.94. The van der Waals surface area contributed by atoms with Gasteiger partial charge in [0.2, 0.25) is 0 Å². The van der Waals surface area contributed by atoms with Crippen LogP contribution in [0.3, 0.4) is 0 Å². The molecule has 2 saturated carbocycles. The quantitative estimate of drug-likeness (QED) is 0.791. The lowest BCUT2D eigenvalue weighted by molar-refractivity contribution is -0.182. The van der Waals surface area contributed by atoms with Gasteiger partial charge in [-0.1, -0.05) is 0 Å². The SMILES string of the molecule is OCC1(COCC(F)(F)F)CC2CC2C1. The van der Waals surface area contributed by atoms with Gasteiger partial charge in [-0.25, -0.2) is 0 Å². The number of aliphatic hydroxyl groups excluding tert-OH is 1. The minimum atomic E-state index is -4.27. The van der Waals surface area contributed by atoms with Crippen LogP contribution >= 0.6 is 0 Å². The average molecular weight is 224 g/mol. The van der Waals surface area contributed by atoms with Crippen molar-refractivity contribution < 1.29 is 23.0 Å². The van der Waals surface area contributed by atoms with Crippen molar-refractivity contribution in [3.8, 4) is 0 Å². The van der Waals surface area contributed by atoms with Gasteiger partial charge in [0.15, 0.2) is 0 Å². The van der Waals surface area contributed by atoms with Gasteiger partial charge in [0, 0.05) is 5.41 Å². The summed E-state index contributed by atoms with van der Waals surface area (Å²) in [5.41, 5.74) is -0.390. The molecule has 0 aromatic rings. The number of ether oxygens (including phenoxy) is 1. The molecule has 0 bridgehead atoms.